The molecule has 2 rings (SSSR count). The van der Waals surface area contributed by atoms with Crippen molar-refractivity contribution in [2.45, 2.75) is 26.3 Å². The molecule has 0 saturated heterocycles. The second kappa shape index (κ2) is 7.14. The van der Waals surface area contributed by atoms with E-state index in [4.69, 9.17) is 0 Å². The van der Waals surface area contributed by atoms with E-state index in [-0.39, 0.29) is 0 Å². The molecule has 0 N–H and O–H groups in total. The SMILES string of the molecule is CCCC[n+]1ccsc1N=Nc1ccc(N(C)C)cc1. The molecule has 1 aromatic heterocycles. The van der Waals surface area contributed by atoms with Gasteiger partial charge in [0.2, 0.25) is 0 Å². The molecule has 1 heterocycles. The predicted octanol–water partition coefficient (Wildman–Crippen LogP) is 4.32. The first-order valence-corrected chi connectivity index (χ1v) is 7.74. The van der Waals surface area contributed by atoms with Gasteiger partial charge in [0.25, 0.3) is 0 Å². The summed E-state index contributed by atoms with van der Waals surface area (Å²) in [6, 6.07) is 8.08. The third-order valence-corrected chi connectivity index (χ3v) is 3.81. The highest BCUT2D eigenvalue weighted by atomic mass is 32.1. The smallest absolute Gasteiger partial charge is 0.378 e. The Balaban J connectivity index is 2.07. The van der Waals surface area contributed by atoms with Crippen molar-refractivity contribution in [3.63, 3.8) is 0 Å². The lowest BCUT2D eigenvalue weighted by Crippen LogP contribution is -2.30. The Hall–Kier alpha value is -1.75. The van der Waals surface area contributed by atoms with E-state index < -0.39 is 0 Å². The zero-order valence-corrected chi connectivity index (χ0v) is 13.1. The fourth-order valence-corrected chi connectivity index (χ4v) is 2.50. The molecule has 0 aliphatic carbocycles. The second-order valence-corrected chi connectivity index (χ2v) is 5.72. The molecular weight excluding hydrogens is 268 g/mol. The molecule has 20 heavy (non-hydrogen) atoms. The van der Waals surface area contributed by atoms with Gasteiger partial charge in [0, 0.05) is 25.2 Å². The molecule has 4 nitrogen and oxygen atoms in total. The number of benzene rings is 1. The van der Waals surface area contributed by atoms with Crippen LogP contribution in [0.15, 0.2) is 46.1 Å². The van der Waals surface area contributed by atoms with E-state index in [1.54, 1.807) is 11.3 Å². The molecule has 0 fully saturated rings. The van der Waals surface area contributed by atoms with Gasteiger partial charge in [-0.15, -0.1) is 0 Å². The van der Waals surface area contributed by atoms with Crippen LogP contribution in [0, 0.1) is 0 Å². The Labute approximate surface area is 124 Å². The minimum atomic E-state index is 0.881. The fourth-order valence-electron chi connectivity index (χ4n) is 1.79. The molecule has 0 spiro atoms. The van der Waals surface area contributed by atoms with Crippen LogP contribution in [-0.2, 0) is 6.54 Å². The van der Waals surface area contributed by atoms with Gasteiger partial charge < -0.3 is 4.90 Å². The van der Waals surface area contributed by atoms with E-state index in [0.717, 1.165) is 23.1 Å². The van der Waals surface area contributed by atoms with Gasteiger partial charge in [0.15, 0.2) is 0 Å². The normalized spacial score (nSPS) is 11.2. The van der Waals surface area contributed by atoms with E-state index in [1.165, 1.54) is 12.8 Å². The first kappa shape index (κ1) is 14.7. The summed E-state index contributed by atoms with van der Waals surface area (Å²) in [5, 5.41) is 11.7. The number of thiazole rings is 1. The van der Waals surface area contributed by atoms with Gasteiger partial charge in [0.1, 0.15) is 11.9 Å². The highest BCUT2D eigenvalue weighted by Gasteiger charge is 2.11. The van der Waals surface area contributed by atoms with Crippen LogP contribution >= 0.6 is 11.3 Å². The topological polar surface area (TPSA) is 31.8 Å². The molecule has 5 heteroatoms. The zero-order chi connectivity index (χ0) is 14.4. The summed E-state index contributed by atoms with van der Waals surface area (Å²) in [4.78, 5) is 2.07. The number of nitrogens with zero attached hydrogens (tertiary/aromatic N) is 4. The maximum Gasteiger partial charge on any atom is 0.408 e. The number of hydrogen-bond acceptors (Lipinski definition) is 4. The minimum absolute atomic E-state index is 0.881. The van der Waals surface area contributed by atoms with Crippen molar-refractivity contribution >= 4 is 27.8 Å². The lowest BCUT2D eigenvalue weighted by Gasteiger charge is -2.11. The zero-order valence-electron chi connectivity index (χ0n) is 12.3. The molecule has 2 aromatic rings. The minimum Gasteiger partial charge on any atom is -0.378 e. The van der Waals surface area contributed by atoms with Crippen LogP contribution in [0.2, 0.25) is 0 Å². The van der Waals surface area contributed by atoms with E-state index in [9.17, 15) is 0 Å². The van der Waals surface area contributed by atoms with Crippen molar-refractivity contribution in [3.05, 3.63) is 35.8 Å². The number of aryl methyl sites for hydroxylation is 1. The molecule has 0 bridgehead atoms. The molecule has 0 atom stereocenters. The van der Waals surface area contributed by atoms with Crippen molar-refractivity contribution in [1.29, 1.82) is 0 Å². The van der Waals surface area contributed by atoms with Crippen molar-refractivity contribution < 1.29 is 4.57 Å². The van der Waals surface area contributed by atoms with Crippen LogP contribution in [0.5, 0.6) is 0 Å². The first-order valence-electron chi connectivity index (χ1n) is 6.86. The maximum absolute atomic E-state index is 4.36. The number of unbranched alkanes of at least 4 members (excludes halogenated alkanes) is 1. The Bertz CT molecular complexity index is 558. The van der Waals surface area contributed by atoms with Crippen LogP contribution in [0.4, 0.5) is 16.5 Å². The Morgan fingerprint density at radius 3 is 2.55 bits per heavy atom. The summed E-state index contributed by atoms with van der Waals surface area (Å²) in [5.74, 6) is 0. The van der Waals surface area contributed by atoms with Crippen LogP contribution in [0.3, 0.4) is 0 Å². The van der Waals surface area contributed by atoms with Gasteiger partial charge >= 0.3 is 5.13 Å². The van der Waals surface area contributed by atoms with E-state index in [0.29, 0.717) is 0 Å². The molecule has 0 radical (unpaired) electrons. The molecule has 0 amide bonds. The van der Waals surface area contributed by atoms with E-state index >= 15 is 0 Å². The first-order chi connectivity index (χ1) is 9.70. The summed E-state index contributed by atoms with van der Waals surface area (Å²) in [5.41, 5.74) is 2.05. The quantitative estimate of drug-likeness (QED) is 0.576. The van der Waals surface area contributed by atoms with Gasteiger partial charge in [-0.1, -0.05) is 13.3 Å². The van der Waals surface area contributed by atoms with Gasteiger partial charge in [-0.2, -0.15) is 0 Å². The van der Waals surface area contributed by atoms with Crippen molar-refractivity contribution in [1.82, 2.24) is 0 Å². The van der Waals surface area contributed by atoms with Gasteiger partial charge in [-0.3, -0.25) is 0 Å². The molecule has 106 valence electrons. The summed E-state index contributed by atoms with van der Waals surface area (Å²) < 4.78 is 2.16. The average molecular weight is 289 g/mol. The maximum atomic E-state index is 4.36. The molecule has 0 aliphatic heterocycles. The van der Waals surface area contributed by atoms with E-state index in [2.05, 4.69) is 38.2 Å². The van der Waals surface area contributed by atoms with Crippen LogP contribution in [-0.4, -0.2) is 14.1 Å². The highest BCUT2D eigenvalue weighted by molar-refractivity contribution is 7.12. The largest absolute Gasteiger partial charge is 0.408 e. The van der Waals surface area contributed by atoms with Gasteiger partial charge in [0.05, 0.1) is 11.7 Å². The number of azo groups is 1. The molecule has 0 unspecified atom stereocenters. The predicted molar refractivity (Wildman–Crippen MR) is 84.4 cm³/mol. The van der Waals surface area contributed by atoms with Gasteiger partial charge in [-0.05, 0) is 47.1 Å². The van der Waals surface area contributed by atoms with Crippen LogP contribution in [0.25, 0.3) is 0 Å². The summed E-state index contributed by atoms with van der Waals surface area (Å²) >= 11 is 1.62. The Morgan fingerprint density at radius 1 is 1.15 bits per heavy atom. The third kappa shape index (κ3) is 3.87. The monoisotopic (exact) mass is 289 g/mol. The summed E-state index contributed by atoms with van der Waals surface area (Å²) in [7, 11) is 4.05. The lowest BCUT2D eigenvalue weighted by atomic mass is 10.3. The van der Waals surface area contributed by atoms with Crippen LogP contribution in [0.1, 0.15) is 19.8 Å². The summed E-state index contributed by atoms with van der Waals surface area (Å²) in [6.07, 6.45) is 4.43. The van der Waals surface area contributed by atoms with Crippen LogP contribution < -0.4 is 9.47 Å². The van der Waals surface area contributed by atoms with Gasteiger partial charge in [-0.25, -0.2) is 4.57 Å². The van der Waals surface area contributed by atoms with Crippen molar-refractivity contribution in [2.75, 3.05) is 19.0 Å². The third-order valence-electron chi connectivity index (χ3n) is 3.03. The van der Waals surface area contributed by atoms with E-state index in [1.807, 2.05) is 38.4 Å². The number of hydrogen-bond donors (Lipinski definition) is 0. The number of anilines is 1. The fraction of sp³-hybridized carbons (Fsp3) is 0.400. The molecule has 0 saturated carbocycles. The summed E-state index contributed by atoms with van der Waals surface area (Å²) in [6.45, 7) is 3.20. The highest BCUT2D eigenvalue weighted by Crippen LogP contribution is 2.21. The second-order valence-electron chi connectivity index (χ2n) is 4.84. The molecular formula is C15H21N4S+. The molecule has 0 aliphatic rings. The standard InChI is InChI=1S/C15H21N4S/c1-4-5-10-19-11-12-20-15(19)17-16-13-6-8-14(9-7-13)18(2)3/h6-9,11-12H,4-5,10H2,1-3H3/q+1. The Kier molecular flexibility index (Phi) is 5.24. The lowest BCUT2D eigenvalue weighted by molar-refractivity contribution is -0.680. The van der Waals surface area contributed by atoms with Crippen molar-refractivity contribution in [3.8, 4) is 0 Å². The molecule has 1 aromatic carbocycles. The number of rotatable bonds is 6. The Morgan fingerprint density at radius 2 is 1.90 bits per heavy atom. The van der Waals surface area contributed by atoms with Crippen molar-refractivity contribution in [2.24, 2.45) is 10.2 Å². The average Bonchev–Trinajstić information content (AvgIpc) is 2.90. The number of aromatic nitrogens is 1.